The second kappa shape index (κ2) is 5.21. The minimum atomic E-state index is -0.224. The lowest BCUT2D eigenvalue weighted by atomic mass is 10.2. The molecule has 1 aliphatic rings. The minimum Gasteiger partial charge on any atom is -0.391 e. The molecule has 2 rings (SSSR count). The van der Waals surface area contributed by atoms with Crippen molar-refractivity contribution in [3.63, 3.8) is 0 Å². The molecule has 1 fully saturated rings. The summed E-state index contributed by atoms with van der Waals surface area (Å²) in [5.74, 6) is 0. The molecule has 2 heterocycles. The molecular weight excluding hydrogens is 238 g/mol. The summed E-state index contributed by atoms with van der Waals surface area (Å²) in [6, 6.07) is 3.80. The highest BCUT2D eigenvalue weighted by molar-refractivity contribution is 6.29. The van der Waals surface area contributed by atoms with E-state index in [1.54, 1.807) is 6.07 Å². The summed E-state index contributed by atoms with van der Waals surface area (Å²) < 4.78 is 0. The molecule has 94 valence electrons. The number of hydrogen-bond acceptors (Lipinski definition) is 4. The van der Waals surface area contributed by atoms with E-state index in [-0.39, 0.29) is 6.10 Å². The van der Waals surface area contributed by atoms with Crippen molar-refractivity contribution in [3.05, 3.63) is 23.0 Å². The largest absolute Gasteiger partial charge is 0.391 e. The molecule has 5 heteroatoms. The number of aliphatic hydroxyl groups is 1. The predicted molar refractivity (Wildman–Crippen MR) is 69.5 cm³/mol. The topological polar surface area (TPSA) is 39.6 Å². The maximum Gasteiger partial charge on any atom is 0.129 e. The van der Waals surface area contributed by atoms with E-state index in [4.69, 9.17) is 11.6 Å². The maximum absolute atomic E-state index is 9.59. The first-order valence-corrected chi connectivity index (χ1v) is 6.17. The van der Waals surface area contributed by atoms with E-state index in [0.717, 1.165) is 30.9 Å². The second-order valence-electron chi connectivity index (χ2n) is 4.73. The van der Waals surface area contributed by atoms with Crippen molar-refractivity contribution in [2.24, 2.45) is 0 Å². The summed E-state index contributed by atoms with van der Waals surface area (Å²) in [7, 11) is 4.01. The van der Waals surface area contributed by atoms with E-state index in [2.05, 4.69) is 14.8 Å². The van der Waals surface area contributed by atoms with Crippen LogP contribution >= 0.6 is 11.6 Å². The van der Waals surface area contributed by atoms with E-state index in [1.807, 2.05) is 20.2 Å². The van der Waals surface area contributed by atoms with E-state index in [9.17, 15) is 5.11 Å². The van der Waals surface area contributed by atoms with Crippen molar-refractivity contribution in [3.8, 4) is 0 Å². The summed E-state index contributed by atoms with van der Waals surface area (Å²) >= 11 is 5.94. The maximum atomic E-state index is 9.59. The lowest BCUT2D eigenvalue weighted by molar-refractivity contribution is 0.198. The average Bonchev–Trinajstić information content (AvgIpc) is 2.64. The first-order valence-electron chi connectivity index (χ1n) is 5.79. The number of pyridine rings is 1. The van der Waals surface area contributed by atoms with Crippen LogP contribution in [0.15, 0.2) is 12.1 Å². The van der Waals surface area contributed by atoms with Gasteiger partial charge in [-0.1, -0.05) is 11.6 Å². The molecule has 0 aromatic carbocycles. The van der Waals surface area contributed by atoms with Crippen LogP contribution in [0.3, 0.4) is 0 Å². The Morgan fingerprint density at radius 3 is 2.88 bits per heavy atom. The second-order valence-corrected chi connectivity index (χ2v) is 5.11. The molecule has 4 nitrogen and oxygen atoms in total. The molecule has 1 aromatic heterocycles. The van der Waals surface area contributed by atoms with Crippen LogP contribution in [-0.4, -0.2) is 48.3 Å². The minimum absolute atomic E-state index is 0.224. The summed E-state index contributed by atoms with van der Waals surface area (Å²) in [5, 5.41) is 10.1. The van der Waals surface area contributed by atoms with Gasteiger partial charge in [0.05, 0.1) is 17.5 Å². The highest BCUT2D eigenvalue weighted by Gasteiger charge is 2.23. The standard InChI is InChI=1S/C12H18ClN3O/c1-15(2)8-10-11(3-4-12(13)14-10)16-6-5-9(17)7-16/h3-4,9,17H,5-8H2,1-2H3/t9-/m1/s1. The SMILES string of the molecule is CN(C)Cc1nc(Cl)ccc1N1CC[C@@H](O)C1. The van der Waals surface area contributed by atoms with Gasteiger partial charge >= 0.3 is 0 Å². The first kappa shape index (κ1) is 12.6. The van der Waals surface area contributed by atoms with Crippen LogP contribution in [-0.2, 0) is 6.54 Å². The highest BCUT2D eigenvalue weighted by Crippen LogP contribution is 2.25. The van der Waals surface area contributed by atoms with Crippen LogP contribution in [0, 0.1) is 0 Å². The summed E-state index contributed by atoms with van der Waals surface area (Å²) in [6.45, 7) is 2.32. The number of aromatic nitrogens is 1. The average molecular weight is 256 g/mol. The zero-order valence-corrected chi connectivity index (χ0v) is 11.0. The molecule has 0 amide bonds. The molecule has 0 unspecified atom stereocenters. The highest BCUT2D eigenvalue weighted by atomic mass is 35.5. The number of β-amino-alcohol motifs (C(OH)–C–C–N with tert-alkyl or cyclic N) is 1. The monoisotopic (exact) mass is 255 g/mol. The smallest absolute Gasteiger partial charge is 0.129 e. The lowest BCUT2D eigenvalue weighted by Gasteiger charge is -2.22. The van der Waals surface area contributed by atoms with Crippen molar-refractivity contribution in [2.45, 2.75) is 19.1 Å². The third kappa shape index (κ3) is 3.09. The number of aliphatic hydroxyl groups excluding tert-OH is 1. The number of hydrogen-bond donors (Lipinski definition) is 1. The van der Waals surface area contributed by atoms with Gasteiger partial charge in [-0.05, 0) is 32.6 Å². The van der Waals surface area contributed by atoms with Crippen LogP contribution in [0.4, 0.5) is 5.69 Å². The molecule has 0 aliphatic carbocycles. The van der Waals surface area contributed by atoms with Crippen LogP contribution in [0.25, 0.3) is 0 Å². The molecule has 1 aliphatic heterocycles. The number of anilines is 1. The van der Waals surface area contributed by atoms with Gasteiger partial charge in [0.2, 0.25) is 0 Å². The molecule has 0 bridgehead atoms. The van der Waals surface area contributed by atoms with E-state index in [0.29, 0.717) is 11.7 Å². The third-order valence-corrected chi connectivity index (χ3v) is 3.10. The van der Waals surface area contributed by atoms with E-state index >= 15 is 0 Å². The molecule has 1 saturated heterocycles. The predicted octanol–water partition coefficient (Wildman–Crippen LogP) is 1.37. The van der Waals surface area contributed by atoms with E-state index < -0.39 is 0 Å². The molecule has 1 N–H and O–H groups in total. The van der Waals surface area contributed by atoms with Gasteiger partial charge in [0, 0.05) is 19.6 Å². The van der Waals surface area contributed by atoms with E-state index in [1.165, 1.54) is 0 Å². The Hall–Kier alpha value is -0.840. The molecule has 0 saturated carbocycles. The van der Waals surface area contributed by atoms with Crippen molar-refractivity contribution >= 4 is 17.3 Å². The molecule has 17 heavy (non-hydrogen) atoms. The summed E-state index contributed by atoms with van der Waals surface area (Å²) in [6.07, 6.45) is 0.599. The lowest BCUT2D eigenvalue weighted by Crippen LogP contribution is -2.24. The zero-order valence-electron chi connectivity index (χ0n) is 10.2. The molecular formula is C12H18ClN3O. The summed E-state index contributed by atoms with van der Waals surface area (Å²) in [5.41, 5.74) is 2.05. The number of nitrogens with zero attached hydrogens (tertiary/aromatic N) is 3. The van der Waals surface area contributed by atoms with Crippen molar-refractivity contribution in [1.29, 1.82) is 0 Å². The number of halogens is 1. The summed E-state index contributed by atoms with van der Waals surface area (Å²) in [4.78, 5) is 8.62. The molecule has 0 spiro atoms. The van der Waals surface area contributed by atoms with Gasteiger partial charge in [-0.3, -0.25) is 0 Å². The Balaban J connectivity index is 2.25. The van der Waals surface area contributed by atoms with Crippen LogP contribution in [0.5, 0.6) is 0 Å². The quantitative estimate of drug-likeness (QED) is 0.829. The Morgan fingerprint density at radius 1 is 1.53 bits per heavy atom. The van der Waals surface area contributed by atoms with Gasteiger partial charge in [-0.2, -0.15) is 0 Å². The number of rotatable bonds is 3. The normalized spacial score (nSPS) is 20.3. The van der Waals surface area contributed by atoms with Gasteiger partial charge in [-0.25, -0.2) is 4.98 Å². The Bertz CT molecular complexity index is 397. The molecule has 1 atom stereocenters. The van der Waals surface area contributed by atoms with Gasteiger partial charge in [0.25, 0.3) is 0 Å². The Kier molecular flexibility index (Phi) is 3.86. The van der Waals surface area contributed by atoms with Gasteiger partial charge in [-0.15, -0.1) is 0 Å². The zero-order chi connectivity index (χ0) is 12.4. The molecule has 0 radical (unpaired) electrons. The van der Waals surface area contributed by atoms with Gasteiger partial charge in [0.1, 0.15) is 5.15 Å². The fourth-order valence-corrected chi connectivity index (χ4v) is 2.30. The van der Waals surface area contributed by atoms with Crippen molar-refractivity contribution < 1.29 is 5.11 Å². The Labute approximate surface area is 107 Å². The van der Waals surface area contributed by atoms with Crippen LogP contribution in [0.2, 0.25) is 5.15 Å². The fraction of sp³-hybridized carbons (Fsp3) is 0.583. The molecule has 1 aromatic rings. The van der Waals surface area contributed by atoms with Crippen LogP contribution in [0.1, 0.15) is 12.1 Å². The van der Waals surface area contributed by atoms with Crippen molar-refractivity contribution in [1.82, 2.24) is 9.88 Å². The first-order chi connectivity index (χ1) is 8.06. The van der Waals surface area contributed by atoms with Gasteiger partial charge in [0.15, 0.2) is 0 Å². The fourth-order valence-electron chi connectivity index (χ4n) is 2.13. The van der Waals surface area contributed by atoms with Gasteiger partial charge < -0.3 is 14.9 Å². The van der Waals surface area contributed by atoms with Crippen LogP contribution < -0.4 is 4.90 Å². The third-order valence-electron chi connectivity index (χ3n) is 2.89. The Morgan fingerprint density at radius 2 is 2.29 bits per heavy atom. The van der Waals surface area contributed by atoms with Crippen molar-refractivity contribution in [2.75, 3.05) is 32.1 Å².